The van der Waals surface area contributed by atoms with Crippen LogP contribution >= 0.6 is 0 Å². The van der Waals surface area contributed by atoms with E-state index in [0.717, 1.165) is 19.3 Å². The molecule has 2 rings (SSSR count). The maximum atomic E-state index is 12.5. The minimum Gasteiger partial charge on any atom is -0.494 e. The van der Waals surface area contributed by atoms with Crippen molar-refractivity contribution in [3.63, 3.8) is 0 Å². The summed E-state index contributed by atoms with van der Waals surface area (Å²) in [5.74, 6) is 0.652. The highest BCUT2D eigenvalue weighted by Crippen LogP contribution is 2.18. The zero-order chi connectivity index (χ0) is 14.4. The third-order valence-corrected chi connectivity index (χ3v) is 3.39. The van der Waals surface area contributed by atoms with Crippen molar-refractivity contribution in [3.8, 4) is 5.75 Å². The predicted octanol–water partition coefficient (Wildman–Crippen LogP) is 2.72. The van der Waals surface area contributed by atoms with Crippen LogP contribution in [0.3, 0.4) is 0 Å². The van der Waals surface area contributed by atoms with E-state index >= 15 is 0 Å². The Labute approximate surface area is 119 Å². The molecule has 1 aromatic carbocycles. The number of ketones is 1. The Kier molecular flexibility index (Phi) is 5.16. The van der Waals surface area contributed by atoms with Crippen LogP contribution in [-0.2, 0) is 4.79 Å². The zero-order valence-electron chi connectivity index (χ0n) is 11.9. The fourth-order valence-corrected chi connectivity index (χ4v) is 2.33. The third kappa shape index (κ3) is 3.83. The molecule has 0 saturated carbocycles. The van der Waals surface area contributed by atoms with Crippen molar-refractivity contribution in [3.05, 3.63) is 29.8 Å². The SMILES string of the molecule is CCCOc1cccc(C(=O)C2CCCCC(=O)N2)c1. The van der Waals surface area contributed by atoms with Gasteiger partial charge in [-0.3, -0.25) is 9.59 Å². The lowest BCUT2D eigenvalue weighted by Crippen LogP contribution is -2.39. The van der Waals surface area contributed by atoms with Crippen molar-refractivity contribution in [2.45, 2.75) is 45.1 Å². The number of rotatable bonds is 5. The molecular weight excluding hydrogens is 254 g/mol. The molecule has 1 fully saturated rings. The quantitative estimate of drug-likeness (QED) is 0.841. The van der Waals surface area contributed by atoms with Crippen LogP contribution in [0.15, 0.2) is 24.3 Å². The van der Waals surface area contributed by atoms with Crippen LogP contribution in [0.1, 0.15) is 49.4 Å². The molecule has 1 amide bonds. The largest absolute Gasteiger partial charge is 0.494 e. The molecule has 4 heteroatoms. The van der Waals surface area contributed by atoms with Gasteiger partial charge >= 0.3 is 0 Å². The number of hydrogen-bond acceptors (Lipinski definition) is 3. The van der Waals surface area contributed by atoms with Crippen LogP contribution < -0.4 is 10.1 Å². The van der Waals surface area contributed by atoms with Gasteiger partial charge in [-0.05, 0) is 31.4 Å². The van der Waals surface area contributed by atoms with Gasteiger partial charge in [0.15, 0.2) is 5.78 Å². The molecule has 0 aliphatic carbocycles. The van der Waals surface area contributed by atoms with Gasteiger partial charge in [0.25, 0.3) is 0 Å². The first-order valence-corrected chi connectivity index (χ1v) is 7.27. The number of ether oxygens (including phenoxy) is 1. The summed E-state index contributed by atoms with van der Waals surface area (Å²) in [5.41, 5.74) is 0.603. The van der Waals surface area contributed by atoms with Gasteiger partial charge in [-0.15, -0.1) is 0 Å². The van der Waals surface area contributed by atoms with E-state index in [1.54, 1.807) is 12.1 Å². The van der Waals surface area contributed by atoms with E-state index in [1.165, 1.54) is 0 Å². The number of Topliss-reactive ketones (excluding diaryl/α,β-unsaturated/α-hetero) is 1. The van der Waals surface area contributed by atoms with Crippen LogP contribution in [-0.4, -0.2) is 24.3 Å². The van der Waals surface area contributed by atoms with E-state index in [-0.39, 0.29) is 11.7 Å². The molecule has 0 aromatic heterocycles. The number of nitrogens with one attached hydrogen (secondary N) is 1. The Morgan fingerprint density at radius 2 is 2.25 bits per heavy atom. The van der Waals surface area contributed by atoms with Crippen molar-refractivity contribution < 1.29 is 14.3 Å². The standard InChI is InChI=1S/C16H21NO3/c1-2-10-20-13-7-5-6-12(11-13)16(19)14-8-3-4-9-15(18)17-14/h5-7,11,14H,2-4,8-10H2,1H3,(H,17,18). The zero-order valence-corrected chi connectivity index (χ0v) is 11.9. The summed E-state index contributed by atoms with van der Waals surface area (Å²) >= 11 is 0. The normalized spacial score (nSPS) is 19.1. The number of hydrogen-bond donors (Lipinski definition) is 1. The Morgan fingerprint density at radius 3 is 3.05 bits per heavy atom. The lowest BCUT2D eigenvalue weighted by atomic mass is 10.0. The fraction of sp³-hybridized carbons (Fsp3) is 0.500. The number of amides is 1. The highest BCUT2D eigenvalue weighted by Gasteiger charge is 2.24. The predicted molar refractivity (Wildman–Crippen MR) is 77.0 cm³/mol. The van der Waals surface area contributed by atoms with E-state index in [1.807, 2.05) is 19.1 Å². The molecule has 1 atom stereocenters. The summed E-state index contributed by atoms with van der Waals surface area (Å²) in [6, 6.07) is 6.80. The second-order valence-corrected chi connectivity index (χ2v) is 5.11. The van der Waals surface area contributed by atoms with Gasteiger partial charge in [0, 0.05) is 12.0 Å². The highest BCUT2D eigenvalue weighted by atomic mass is 16.5. The lowest BCUT2D eigenvalue weighted by Gasteiger charge is -2.15. The summed E-state index contributed by atoms with van der Waals surface area (Å²) in [5, 5.41) is 2.81. The Morgan fingerprint density at radius 1 is 1.40 bits per heavy atom. The van der Waals surface area contributed by atoms with Crippen LogP contribution in [0.25, 0.3) is 0 Å². The van der Waals surface area contributed by atoms with Crippen LogP contribution in [0.4, 0.5) is 0 Å². The molecule has 20 heavy (non-hydrogen) atoms. The molecule has 4 nitrogen and oxygen atoms in total. The van der Waals surface area contributed by atoms with Crippen molar-refractivity contribution in [2.75, 3.05) is 6.61 Å². The van der Waals surface area contributed by atoms with E-state index in [9.17, 15) is 9.59 Å². The van der Waals surface area contributed by atoms with Gasteiger partial charge in [0.05, 0.1) is 12.6 Å². The molecule has 1 unspecified atom stereocenters. The maximum Gasteiger partial charge on any atom is 0.220 e. The maximum absolute atomic E-state index is 12.5. The van der Waals surface area contributed by atoms with Crippen LogP contribution in [0, 0.1) is 0 Å². The van der Waals surface area contributed by atoms with Crippen molar-refractivity contribution in [2.24, 2.45) is 0 Å². The summed E-state index contributed by atoms with van der Waals surface area (Å²) in [7, 11) is 0. The first kappa shape index (κ1) is 14.6. The summed E-state index contributed by atoms with van der Waals surface area (Å²) < 4.78 is 5.54. The molecule has 0 bridgehead atoms. The van der Waals surface area contributed by atoms with Crippen molar-refractivity contribution in [1.82, 2.24) is 5.32 Å². The van der Waals surface area contributed by atoms with Crippen molar-refractivity contribution in [1.29, 1.82) is 0 Å². The van der Waals surface area contributed by atoms with Gasteiger partial charge in [-0.25, -0.2) is 0 Å². The number of benzene rings is 1. The first-order valence-electron chi connectivity index (χ1n) is 7.27. The average molecular weight is 275 g/mol. The Balaban J connectivity index is 2.09. The first-order chi connectivity index (χ1) is 9.70. The van der Waals surface area contributed by atoms with Crippen LogP contribution in [0.2, 0.25) is 0 Å². The Bertz CT molecular complexity index is 484. The topological polar surface area (TPSA) is 55.4 Å². The molecule has 108 valence electrons. The molecule has 1 aromatic rings. The van der Waals surface area contributed by atoms with Gasteiger partial charge < -0.3 is 10.1 Å². The molecule has 1 aliphatic heterocycles. The van der Waals surface area contributed by atoms with Gasteiger partial charge in [0.1, 0.15) is 5.75 Å². The molecule has 1 N–H and O–H groups in total. The molecule has 1 heterocycles. The lowest BCUT2D eigenvalue weighted by molar-refractivity contribution is -0.121. The summed E-state index contributed by atoms with van der Waals surface area (Å²) in [6.45, 7) is 2.67. The van der Waals surface area contributed by atoms with Crippen molar-refractivity contribution >= 4 is 11.7 Å². The minimum absolute atomic E-state index is 0.0257. The van der Waals surface area contributed by atoms with E-state index in [4.69, 9.17) is 4.74 Å². The number of carbonyl (C=O) groups excluding carboxylic acids is 2. The minimum atomic E-state index is -0.397. The molecule has 0 spiro atoms. The van der Waals surface area contributed by atoms with E-state index in [0.29, 0.717) is 30.8 Å². The smallest absolute Gasteiger partial charge is 0.220 e. The summed E-state index contributed by atoms with van der Waals surface area (Å²) in [6.07, 6.45) is 3.92. The monoisotopic (exact) mass is 275 g/mol. The molecule has 0 radical (unpaired) electrons. The summed E-state index contributed by atoms with van der Waals surface area (Å²) in [4.78, 5) is 24.0. The molecule has 1 aliphatic rings. The second kappa shape index (κ2) is 7.08. The molecular formula is C16H21NO3. The van der Waals surface area contributed by atoms with Crippen LogP contribution in [0.5, 0.6) is 5.75 Å². The average Bonchev–Trinajstić information content (AvgIpc) is 2.69. The second-order valence-electron chi connectivity index (χ2n) is 5.11. The molecule has 1 saturated heterocycles. The number of carbonyl (C=O) groups is 2. The van der Waals surface area contributed by atoms with E-state index < -0.39 is 6.04 Å². The Hall–Kier alpha value is -1.84. The third-order valence-electron chi connectivity index (χ3n) is 3.39. The van der Waals surface area contributed by atoms with Gasteiger partial charge in [-0.1, -0.05) is 25.5 Å². The van der Waals surface area contributed by atoms with Gasteiger partial charge in [0.2, 0.25) is 5.91 Å². The fourth-order valence-electron chi connectivity index (χ4n) is 2.33. The van der Waals surface area contributed by atoms with E-state index in [2.05, 4.69) is 5.32 Å². The van der Waals surface area contributed by atoms with Gasteiger partial charge in [-0.2, -0.15) is 0 Å². The highest BCUT2D eigenvalue weighted by molar-refractivity contribution is 6.02.